The normalized spacial score (nSPS) is 14.0. The first kappa shape index (κ1) is 39.9. The lowest BCUT2D eigenvalue weighted by Crippen LogP contribution is -2.56. The standard InChI is InChI=1S/C42H52N4O6/c1-5-6-7-8-12-25-52-34-21-19-30(20-22-34)33-27-43-39(44-28-33)32-17-15-29(16-18-32)26-35(45-36(47)23-24-42(2,3)4)40(49)46-37(41(50)51)38(48)31-13-10-9-11-14-31/h9-11,13-24,27-28,35,37-38,40,46,48-49H,5-8,12,25-26H2,1-4H3,(H,45,47)(H,50,51)/b24-23+/t35-,37?,38?,40?/m0/s1. The largest absolute Gasteiger partial charge is 0.494 e. The molecule has 52 heavy (non-hydrogen) atoms. The fourth-order valence-corrected chi connectivity index (χ4v) is 5.55. The molecule has 3 aromatic carbocycles. The van der Waals surface area contributed by atoms with Crippen molar-refractivity contribution < 1.29 is 29.6 Å². The second-order valence-corrected chi connectivity index (χ2v) is 14.1. The number of nitrogens with zero attached hydrogens (tertiary/aromatic N) is 2. The molecule has 1 amide bonds. The van der Waals surface area contributed by atoms with Gasteiger partial charge in [0, 0.05) is 23.5 Å². The van der Waals surface area contributed by atoms with Gasteiger partial charge in [-0.15, -0.1) is 0 Å². The van der Waals surface area contributed by atoms with Crippen LogP contribution in [0.1, 0.15) is 77.0 Å². The van der Waals surface area contributed by atoms with Gasteiger partial charge < -0.3 is 25.4 Å². The molecule has 4 atom stereocenters. The molecule has 0 radical (unpaired) electrons. The molecular formula is C42H52N4O6. The van der Waals surface area contributed by atoms with Crippen LogP contribution in [0.5, 0.6) is 5.75 Å². The second-order valence-electron chi connectivity index (χ2n) is 14.1. The van der Waals surface area contributed by atoms with Gasteiger partial charge in [-0.2, -0.15) is 0 Å². The van der Waals surface area contributed by atoms with Crippen molar-refractivity contribution in [3.63, 3.8) is 0 Å². The number of unbranched alkanes of at least 4 members (excludes halogenated alkanes) is 4. The Kier molecular flexibility index (Phi) is 15.1. The Morgan fingerprint density at radius 3 is 2.08 bits per heavy atom. The van der Waals surface area contributed by atoms with Crippen molar-refractivity contribution >= 4 is 11.9 Å². The molecule has 10 nitrogen and oxygen atoms in total. The fraction of sp³-hybridized carbons (Fsp3) is 0.381. The van der Waals surface area contributed by atoms with Gasteiger partial charge in [-0.25, -0.2) is 9.97 Å². The topological polar surface area (TPSA) is 154 Å². The Balaban J connectivity index is 1.43. The monoisotopic (exact) mass is 708 g/mol. The minimum atomic E-state index is -1.54. The molecule has 0 saturated heterocycles. The van der Waals surface area contributed by atoms with Crippen LogP contribution in [0.2, 0.25) is 0 Å². The summed E-state index contributed by atoms with van der Waals surface area (Å²) in [6.45, 7) is 8.79. The summed E-state index contributed by atoms with van der Waals surface area (Å²) in [5.74, 6) is -0.412. The number of ether oxygens (including phenoxy) is 1. The summed E-state index contributed by atoms with van der Waals surface area (Å²) in [7, 11) is 0. The molecular weight excluding hydrogens is 656 g/mol. The van der Waals surface area contributed by atoms with Crippen LogP contribution in [0.3, 0.4) is 0 Å². The van der Waals surface area contributed by atoms with Crippen molar-refractivity contribution in [2.75, 3.05) is 6.61 Å². The highest BCUT2D eigenvalue weighted by Crippen LogP contribution is 2.24. The van der Waals surface area contributed by atoms with E-state index < -0.39 is 36.3 Å². The van der Waals surface area contributed by atoms with Gasteiger partial charge in [0.2, 0.25) is 5.91 Å². The number of carbonyl (C=O) groups excluding carboxylic acids is 1. The van der Waals surface area contributed by atoms with Gasteiger partial charge >= 0.3 is 5.97 Å². The van der Waals surface area contributed by atoms with E-state index in [1.807, 2.05) is 69.3 Å². The van der Waals surface area contributed by atoms with Crippen molar-refractivity contribution in [1.82, 2.24) is 20.6 Å². The summed E-state index contributed by atoms with van der Waals surface area (Å²) in [6, 6.07) is 21.2. The lowest BCUT2D eigenvalue weighted by Gasteiger charge is -2.29. The number of carboxylic acid groups (broad SMARTS) is 1. The van der Waals surface area contributed by atoms with E-state index in [-0.39, 0.29) is 11.8 Å². The first-order valence-electron chi connectivity index (χ1n) is 18.0. The number of aliphatic carboxylic acids is 1. The van der Waals surface area contributed by atoms with Gasteiger partial charge in [-0.3, -0.25) is 14.9 Å². The molecule has 4 rings (SSSR count). The van der Waals surface area contributed by atoms with E-state index in [1.165, 1.54) is 31.8 Å². The van der Waals surface area contributed by atoms with Crippen LogP contribution < -0.4 is 15.4 Å². The quantitative estimate of drug-likeness (QED) is 0.0398. The van der Waals surface area contributed by atoms with Gasteiger partial charge in [0.15, 0.2) is 5.82 Å². The number of nitrogens with one attached hydrogen (secondary N) is 2. The van der Waals surface area contributed by atoms with Crippen LogP contribution in [0.15, 0.2) is 103 Å². The zero-order chi connectivity index (χ0) is 37.5. The maximum Gasteiger partial charge on any atom is 0.323 e. The van der Waals surface area contributed by atoms with Crippen LogP contribution in [0, 0.1) is 5.41 Å². The Morgan fingerprint density at radius 2 is 1.46 bits per heavy atom. The highest BCUT2D eigenvalue weighted by atomic mass is 16.5. The highest BCUT2D eigenvalue weighted by molar-refractivity contribution is 5.87. The number of aliphatic hydroxyl groups is 2. The molecule has 0 aliphatic rings. The summed E-state index contributed by atoms with van der Waals surface area (Å²) in [6.07, 6.45) is 9.88. The smallest absolute Gasteiger partial charge is 0.323 e. The molecule has 1 aromatic heterocycles. The van der Waals surface area contributed by atoms with Gasteiger partial charge in [0.05, 0.1) is 12.6 Å². The molecule has 10 heteroatoms. The maximum absolute atomic E-state index is 12.9. The number of aliphatic hydroxyl groups excluding tert-OH is 2. The predicted molar refractivity (Wildman–Crippen MR) is 203 cm³/mol. The maximum atomic E-state index is 12.9. The number of allylic oxidation sites excluding steroid dienone is 1. The summed E-state index contributed by atoms with van der Waals surface area (Å²) in [5, 5.41) is 37.5. The lowest BCUT2D eigenvalue weighted by atomic mass is 9.96. The first-order valence-corrected chi connectivity index (χ1v) is 18.0. The molecule has 5 N–H and O–H groups in total. The van der Waals surface area contributed by atoms with Crippen molar-refractivity contribution in [3.8, 4) is 28.3 Å². The molecule has 0 aliphatic heterocycles. The van der Waals surface area contributed by atoms with Crippen LogP contribution in [-0.2, 0) is 16.0 Å². The number of benzene rings is 3. The third kappa shape index (κ3) is 12.7. The number of carbonyl (C=O) groups is 2. The van der Waals surface area contributed by atoms with Gasteiger partial charge in [-0.1, -0.05) is 126 Å². The Labute approximate surface area is 307 Å². The molecule has 0 aliphatic carbocycles. The SMILES string of the molecule is CCCCCCCOc1ccc(-c2cnc(-c3ccc(C[C@H](NC(=O)/C=C/C(C)(C)C)C(O)NC(C(=O)O)C(O)c4ccccc4)cc3)nc2)cc1. The number of carboxylic acids is 1. The van der Waals surface area contributed by atoms with Crippen LogP contribution >= 0.6 is 0 Å². The Bertz CT molecular complexity index is 1710. The second kappa shape index (κ2) is 19.6. The third-order valence-electron chi connectivity index (χ3n) is 8.54. The predicted octanol–water partition coefficient (Wildman–Crippen LogP) is 6.88. The van der Waals surface area contributed by atoms with E-state index in [4.69, 9.17) is 4.74 Å². The molecule has 0 spiro atoms. The van der Waals surface area contributed by atoms with Gasteiger partial charge in [0.1, 0.15) is 24.1 Å². The average molecular weight is 709 g/mol. The number of rotatable bonds is 19. The average Bonchev–Trinajstić information content (AvgIpc) is 3.14. The zero-order valence-electron chi connectivity index (χ0n) is 30.5. The van der Waals surface area contributed by atoms with E-state index in [0.717, 1.165) is 34.4 Å². The summed E-state index contributed by atoms with van der Waals surface area (Å²) >= 11 is 0. The fourth-order valence-electron chi connectivity index (χ4n) is 5.55. The van der Waals surface area contributed by atoms with E-state index in [1.54, 1.807) is 48.8 Å². The molecule has 4 aromatic rings. The number of aromatic nitrogens is 2. The van der Waals surface area contributed by atoms with Crippen LogP contribution in [0.25, 0.3) is 22.5 Å². The van der Waals surface area contributed by atoms with E-state index >= 15 is 0 Å². The summed E-state index contributed by atoms with van der Waals surface area (Å²) < 4.78 is 5.89. The Hall–Kier alpha value is -4.90. The third-order valence-corrected chi connectivity index (χ3v) is 8.54. The lowest BCUT2D eigenvalue weighted by molar-refractivity contribution is -0.144. The van der Waals surface area contributed by atoms with Gasteiger partial charge in [-0.05, 0) is 53.2 Å². The van der Waals surface area contributed by atoms with Crippen molar-refractivity contribution in [3.05, 3.63) is 115 Å². The van der Waals surface area contributed by atoms with Crippen LogP contribution in [0.4, 0.5) is 0 Å². The minimum absolute atomic E-state index is 0.162. The molecule has 1 heterocycles. The van der Waals surface area contributed by atoms with Gasteiger partial charge in [0.25, 0.3) is 0 Å². The van der Waals surface area contributed by atoms with Crippen molar-refractivity contribution in [2.45, 2.75) is 90.6 Å². The molecule has 0 bridgehead atoms. The number of hydrogen-bond donors (Lipinski definition) is 5. The van der Waals surface area contributed by atoms with Crippen molar-refractivity contribution in [1.29, 1.82) is 0 Å². The minimum Gasteiger partial charge on any atom is -0.494 e. The summed E-state index contributed by atoms with van der Waals surface area (Å²) in [4.78, 5) is 34.3. The van der Waals surface area contributed by atoms with E-state index in [2.05, 4.69) is 27.5 Å². The van der Waals surface area contributed by atoms with E-state index in [0.29, 0.717) is 18.0 Å². The zero-order valence-corrected chi connectivity index (χ0v) is 30.5. The van der Waals surface area contributed by atoms with E-state index in [9.17, 15) is 24.9 Å². The number of amides is 1. The first-order chi connectivity index (χ1) is 24.9. The summed E-state index contributed by atoms with van der Waals surface area (Å²) in [5.41, 5.74) is 3.54. The molecule has 276 valence electrons. The molecule has 3 unspecified atom stereocenters. The highest BCUT2D eigenvalue weighted by Gasteiger charge is 2.32. The Morgan fingerprint density at radius 1 is 0.827 bits per heavy atom. The molecule has 0 fully saturated rings. The number of hydrogen-bond acceptors (Lipinski definition) is 8. The molecule has 0 saturated carbocycles. The van der Waals surface area contributed by atoms with Crippen LogP contribution in [-0.4, -0.2) is 62.1 Å². The van der Waals surface area contributed by atoms with Crippen molar-refractivity contribution in [2.24, 2.45) is 5.41 Å².